The number of hydrogen-bond donors (Lipinski definition) is 3. The van der Waals surface area contributed by atoms with E-state index >= 15 is 0 Å². The van der Waals surface area contributed by atoms with Crippen LogP contribution in [0.25, 0.3) is 0 Å². The van der Waals surface area contributed by atoms with Crippen LogP contribution in [0.5, 0.6) is 0 Å². The normalized spacial score (nSPS) is 10.8. The van der Waals surface area contributed by atoms with Gasteiger partial charge in [-0.1, -0.05) is 0 Å². The van der Waals surface area contributed by atoms with E-state index < -0.39 is 11.3 Å². The van der Waals surface area contributed by atoms with E-state index in [1.165, 1.54) is 14.0 Å². The van der Waals surface area contributed by atoms with E-state index in [1.54, 1.807) is 38.1 Å². The lowest BCUT2D eigenvalue weighted by atomic mass is 9.91. The molecule has 0 aliphatic rings. The highest BCUT2D eigenvalue weighted by Crippen LogP contribution is 2.20. The maximum absolute atomic E-state index is 12.3. The molecule has 0 saturated heterocycles. The molecule has 23 heavy (non-hydrogen) atoms. The Kier molecular flexibility index (Phi) is 6.71. The summed E-state index contributed by atoms with van der Waals surface area (Å²) in [4.78, 5) is 35.3. The minimum atomic E-state index is -1.22. The number of carbonyl (C=O) groups is 3. The largest absolute Gasteiger partial charge is 0.383 e. The molecule has 3 amide bonds. The van der Waals surface area contributed by atoms with Gasteiger partial charge in [0.05, 0.1) is 6.61 Å². The van der Waals surface area contributed by atoms with Crippen LogP contribution >= 0.6 is 0 Å². The van der Waals surface area contributed by atoms with Crippen molar-refractivity contribution in [1.82, 2.24) is 5.32 Å². The van der Waals surface area contributed by atoms with Crippen LogP contribution in [-0.2, 0) is 19.1 Å². The average molecular weight is 321 g/mol. The second-order valence-corrected chi connectivity index (χ2v) is 5.59. The van der Waals surface area contributed by atoms with Gasteiger partial charge in [-0.2, -0.15) is 0 Å². The molecule has 1 rings (SSSR count). The highest BCUT2D eigenvalue weighted by atomic mass is 16.5. The third kappa shape index (κ3) is 5.71. The van der Waals surface area contributed by atoms with Gasteiger partial charge in [-0.3, -0.25) is 14.4 Å². The van der Waals surface area contributed by atoms with Crippen LogP contribution in [0.3, 0.4) is 0 Å². The molecule has 0 atom stereocenters. The highest BCUT2D eigenvalue weighted by Gasteiger charge is 2.35. The Morgan fingerprint density at radius 3 is 2.00 bits per heavy atom. The van der Waals surface area contributed by atoms with Crippen LogP contribution < -0.4 is 16.0 Å². The zero-order valence-corrected chi connectivity index (χ0v) is 13.9. The average Bonchev–Trinajstić information content (AvgIpc) is 2.48. The Bertz CT molecular complexity index is 567. The van der Waals surface area contributed by atoms with E-state index in [1.807, 2.05) is 0 Å². The summed E-state index contributed by atoms with van der Waals surface area (Å²) in [5, 5.41) is 7.97. The molecule has 0 saturated carbocycles. The summed E-state index contributed by atoms with van der Waals surface area (Å²) >= 11 is 0. The number of ether oxygens (including phenoxy) is 1. The summed E-state index contributed by atoms with van der Waals surface area (Å²) in [5.41, 5.74) is -0.0433. The van der Waals surface area contributed by atoms with Crippen LogP contribution in [0.2, 0.25) is 0 Å². The number of rotatable bonds is 7. The van der Waals surface area contributed by atoms with Gasteiger partial charge < -0.3 is 20.7 Å². The van der Waals surface area contributed by atoms with Gasteiger partial charge in [0.25, 0.3) is 0 Å². The van der Waals surface area contributed by atoms with Gasteiger partial charge in [-0.25, -0.2) is 0 Å². The van der Waals surface area contributed by atoms with E-state index in [-0.39, 0.29) is 11.8 Å². The quantitative estimate of drug-likeness (QED) is 0.522. The fourth-order valence-corrected chi connectivity index (χ4v) is 1.72. The van der Waals surface area contributed by atoms with Crippen molar-refractivity contribution in [2.45, 2.75) is 20.8 Å². The van der Waals surface area contributed by atoms with Gasteiger partial charge in [-0.05, 0) is 38.1 Å². The van der Waals surface area contributed by atoms with Crippen molar-refractivity contribution in [2.75, 3.05) is 30.9 Å². The fraction of sp³-hybridized carbons (Fsp3) is 0.438. The maximum atomic E-state index is 12.3. The molecule has 0 heterocycles. The van der Waals surface area contributed by atoms with Crippen LogP contribution in [0.15, 0.2) is 24.3 Å². The zero-order chi connectivity index (χ0) is 17.5. The van der Waals surface area contributed by atoms with Gasteiger partial charge in [0.2, 0.25) is 17.7 Å². The SMILES string of the molecule is COCCNC(=O)C(C)(C)C(=O)Nc1ccc(NC(C)=O)cc1. The second-order valence-electron chi connectivity index (χ2n) is 5.59. The molecular weight excluding hydrogens is 298 g/mol. The number of nitrogens with one attached hydrogen (secondary N) is 3. The van der Waals surface area contributed by atoms with Crippen molar-refractivity contribution in [1.29, 1.82) is 0 Å². The van der Waals surface area contributed by atoms with Crippen LogP contribution in [-0.4, -0.2) is 38.0 Å². The van der Waals surface area contributed by atoms with E-state index in [0.717, 1.165) is 0 Å². The first kappa shape index (κ1) is 18.6. The van der Waals surface area contributed by atoms with Gasteiger partial charge in [0, 0.05) is 32.0 Å². The zero-order valence-electron chi connectivity index (χ0n) is 13.9. The van der Waals surface area contributed by atoms with E-state index in [2.05, 4.69) is 16.0 Å². The molecule has 1 aromatic rings. The molecule has 126 valence electrons. The fourth-order valence-electron chi connectivity index (χ4n) is 1.72. The second kappa shape index (κ2) is 8.28. The molecule has 3 N–H and O–H groups in total. The van der Waals surface area contributed by atoms with Gasteiger partial charge in [0.15, 0.2) is 0 Å². The van der Waals surface area contributed by atoms with Crippen molar-refractivity contribution in [3.8, 4) is 0 Å². The van der Waals surface area contributed by atoms with Crippen molar-refractivity contribution in [2.24, 2.45) is 5.41 Å². The lowest BCUT2D eigenvalue weighted by molar-refractivity contribution is -0.138. The smallest absolute Gasteiger partial charge is 0.239 e. The first-order valence-electron chi connectivity index (χ1n) is 7.23. The Morgan fingerprint density at radius 2 is 1.52 bits per heavy atom. The molecule has 0 aromatic heterocycles. The minimum absolute atomic E-state index is 0.171. The molecule has 1 aromatic carbocycles. The number of benzene rings is 1. The van der Waals surface area contributed by atoms with Crippen molar-refractivity contribution >= 4 is 29.1 Å². The number of methoxy groups -OCH3 is 1. The van der Waals surface area contributed by atoms with Gasteiger partial charge >= 0.3 is 0 Å². The molecule has 0 aliphatic heterocycles. The van der Waals surface area contributed by atoms with Crippen LogP contribution in [0.4, 0.5) is 11.4 Å². The number of amides is 3. The van der Waals surface area contributed by atoms with Crippen molar-refractivity contribution < 1.29 is 19.1 Å². The summed E-state index contributed by atoms with van der Waals surface area (Å²) in [6.45, 7) is 5.25. The first-order valence-corrected chi connectivity index (χ1v) is 7.23. The van der Waals surface area contributed by atoms with E-state index in [0.29, 0.717) is 24.5 Å². The topological polar surface area (TPSA) is 96.5 Å². The molecular formula is C16H23N3O4. The van der Waals surface area contributed by atoms with E-state index in [9.17, 15) is 14.4 Å². The first-order chi connectivity index (χ1) is 10.8. The lowest BCUT2D eigenvalue weighted by Gasteiger charge is -2.22. The Hall–Kier alpha value is -2.41. The monoisotopic (exact) mass is 321 g/mol. The summed E-state index contributed by atoms with van der Waals surface area (Å²) in [6, 6.07) is 6.65. The van der Waals surface area contributed by atoms with Crippen LogP contribution in [0, 0.1) is 5.41 Å². The molecule has 0 radical (unpaired) electrons. The molecule has 0 bridgehead atoms. The number of hydrogen-bond acceptors (Lipinski definition) is 4. The van der Waals surface area contributed by atoms with Gasteiger partial charge in [0.1, 0.15) is 5.41 Å². The highest BCUT2D eigenvalue weighted by molar-refractivity contribution is 6.09. The number of anilines is 2. The summed E-state index contributed by atoms with van der Waals surface area (Å²) in [5.74, 6) is -0.961. The summed E-state index contributed by atoms with van der Waals surface area (Å²) in [7, 11) is 1.54. The van der Waals surface area contributed by atoms with Crippen LogP contribution in [0.1, 0.15) is 20.8 Å². The molecule has 0 aliphatic carbocycles. The third-order valence-electron chi connectivity index (χ3n) is 3.19. The molecule has 7 heteroatoms. The predicted octanol–water partition coefficient (Wildman–Crippen LogP) is 1.37. The predicted molar refractivity (Wildman–Crippen MR) is 88.0 cm³/mol. The maximum Gasteiger partial charge on any atom is 0.239 e. The molecule has 0 spiro atoms. The van der Waals surface area contributed by atoms with Gasteiger partial charge in [-0.15, -0.1) is 0 Å². The van der Waals surface area contributed by atoms with E-state index in [4.69, 9.17) is 4.74 Å². The minimum Gasteiger partial charge on any atom is -0.383 e. The molecule has 0 unspecified atom stereocenters. The standard InChI is InChI=1S/C16H23N3O4/c1-11(20)18-12-5-7-13(8-6-12)19-15(22)16(2,3)14(21)17-9-10-23-4/h5-8H,9-10H2,1-4H3,(H,17,21)(H,18,20)(H,19,22). The van der Waals surface area contributed by atoms with Crippen molar-refractivity contribution in [3.05, 3.63) is 24.3 Å². The molecule has 7 nitrogen and oxygen atoms in total. The summed E-state index contributed by atoms with van der Waals surface area (Å²) < 4.78 is 4.85. The Labute approximate surface area is 135 Å². The summed E-state index contributed by atoms with van der Waals surface area (Å²) in [6.07, 6.45) is 0. The third-order valence-corrected chi connectivity index (χ3v) is 3.19. The lowest BCUT2D eigenvalue weighted by Crippen LogP contribution is -2.45. The number of carbonyl (C=O) groups excluding carboxylic acids is 3. The Balaban J connectivity index is 2.66. The molecule has 0 fully saturated rings. The Morgan fingerprint density at radius 1 is 1.00 bits per heavy atom. The van der Waals surface area contributed by atoms with Crippen molar-refractivity contribution in [3.63, 3.8) is 0 Å².